The van der Waals surface area contributed by atoms with E-state index < -0.39 is 23.7 Å². The number of hydrogen-bond donors (Lipinski definition) is 2. The van der Waals surface area contributed by atoms with Crippen molar-refractivity contribution in [3.63, 3.8) is 0 Å². The lowest BCUT2D eigenvalue weighted by atomic mass is 10.0. The largest absolute Gasteiger partial charge is 0.417 e. The summed E-state index contributed by atoms with van der Waals surface area (Å²) in [5, 5.41) is 10.9. The predicted octanol–water partition coefficient (Wildman–Crippen LogP) is 3.83. The second-order valence-corrected chi connectivity index (χ2v) is 7.22. The quantitative estimate of drug-likeness (QED) is 0.475. The Hall–Kier alpha value is -3.95. The molecule has 0 aliphatic carbocycles. The number of rotatable bonds is 6. The molecule has 0 fully saturated rings. The lowest BCUT2D eigenvalue weighted by molar-refractivity contribution is -0.137. The fraction of sp³-hybridized carbons (Fsp3) is 0.182. The molecule has 0 saturated carbocycles. The molecule has 4 rings (SSSR count). The van der Waals surface area contributed by atoms with Crippen molar-refractivity contribution in [2.45, 2.75) is 25.1 Å². The number of benzene rings is 1. The van der Waals surface area contributed by atoms with E-state index in [1.165, 1.54) is 28.8 Å². The van der Waals surface area contributed by atoms with Crippen LogP contribution < -0.4 is 11.1 Å². The van der Waals surface area contributed by atoms with Crippen LogP contribution in [0.25, 0.3) is 5.65 Å². The van der Waals surface area contributed by atoms with Gasteiger partial charge in [0.05, 0.1) is 17.2 Å². The van der Waals surface area contributed by atoms with Crippen molar-refractivity contribution in [2.24, 2.45) is 0 Å². The SMILES string of the molecule is Nc1ccc(C(=O)N[C@H](CCc2ccccc2)c2nnc3ccc(C(F)(F)F)cn23)cn1. The molecule has 0 unspecified atom stereocenters. The van der Waals surface area contributed by atoms with Crippen molar-refractivity contribution in [2.75, 3.05) is 5.73 Å². The van der Waals surface area contributed by atoms with Crippen molar-refractivity contribution < 1.29 is 18.0 Å². The summed E-state index contributed by atoms with van der Waals surface area (Å²) in [7, 11) is 0. The molecular weight excluding hydrogens is 421 g/mol. The smallest absolute Gasteiger partial charge is 0.384 e. The molecule has 3 aromatic heterocycles. The summed E-state index contributed by atoms with van der Waals surface area (Å²) in [6.45, 7) is 0. The van der Waals surface area contributed by atoms with Crippen molar-refractivity contribution in [3.05, 3.63) is 89.5 Å². The lowest BCUT2D eigenvalue weighted by Gasteiger charge is -2.18. The highest BCUT2D eigenvalue weighted by atomic mass is 19.4. The second-order valence-electron chi connectivity index (χ2n) is 7.22. The highest BCUT2D eigenvalue weighted by molar-refractivity contribution is 5.94. The zero-order valence-electron chi connectivity index (χ0n) is 16.8. The van der Waals surface area contributed by atoms with E-state index in [9.17, 15) is 18.0 Å². The number of carbonyl (C=O) groups is 1. The Morgan fingerprint density at radius 2 is 1.84 bits per heavy atom. The van der Waals surface area contributed by atoms with Crippen LogP contribution in [0.5, 0.6) is 0 Å². The molecule has 10 heteroatoms. The molecular formula is C22H19F3N6O. The molecule has 0 spiro atoms. The third kappa shape index (κ3) is 4.69. The number of carbonyl (C=O) groups excluding carboxylic acids is 1. The number of hydrogen-bond acceptors (Lipinski definition) is 5. The van der Waals surface area contributed by atoms with E-state index in [1.807, 2.05) is 30.3 Å². The monoisotopic (exact) mass is 440 g/mol. The number of fused-ring (bicyclic) bond motifs is 1. The highest BCUT2D eigenvalue weighted by Crippen LogP contribution is 2.30. The van der Waals surface area contributed by atoms with Gasteiger partial charge >= 0.3 is 6.18 Å². The summed E-state index contributed by atoms with van der Waals surface area (Å²) in [4.78, 5) is 16.7. The van der Waals surface area contributed by atoms with E-state index in [1.54, 1.807) is 0 Å². The molecule has 0 bridgehead atoms. The molecule has 164 valence electrons. The van der Waals surface area contributed by atoms with Gasteiger partial charge in [0, 0.05) is 12.4 Å². The molecule has 0 aliphatic rings. The second kappa shape index (κ2) is 8.66. The van der Waals surface area contributed by atoms with Crippen LogP contribution in [0.15, 0.2) is 67.0 Å². The third-order valence-corrected chi connectivity index (χ3v) is 4.99. The van der Waals surface area contributed by atoms with Crippen LogP contribution >= 0.6 is 0 Å². The van der Waals surface area contributed by atoms with Crippen LogP contribution in [0.4, 0.5) is 19.0 Å². The lowest BCUT2D eigenvalue weighted by Crippen LogP contribution is -2.30. The Morgan fingerprint density at radius 1 is 1.06 bits per heavy atom. The number of nitrogens with one attached hydrogen (secondary N) is 1. The minimum atomic E-state index is -4.52. The molecule has 3 N–H and O–H groups in total. The number of pyridine rings is 2. The van der Waals surface area contributed by atoms with Crippen LogP contribution in [0, 0.1) is 0 Å². The standard InChI is InChI=1S/C22H19F3N6O/c23-22(24,25)16-8-11-19-29-30-20(31(19)13-16)17(9-6-14-4-2-1-3-5-14)28-21(32)15-7-10-18(26)27-12-15/h1-5,7-8,10-13,17H,6,9H2,(H2,26,27)(H,28,32)/t17-/m1/s1. The number of aryl methyl sites for hydroxylation is 1. The summed E-state index contributed by atoms with van der Waals surface area (Å²) in [5.74, 6) is 0.0309. The maximum Gasteiger partial charge on any atom is 0.417 e. The summed E-state index contributed by atoms with van der Waals surface area (Å²) in [6.07, 6.45) is -1.28. The minimum absolute atomic E-state index is 0.207. The fourth-order valence-electron chi connectivity index (χ4n) is 3.32. The van der Waals surface area contributed by atoms with E-state index >= 15 is 0 Å². The van der Waals surface area contributed by atoms with Gasteiger partial charge in [-0.05, 0) is 42.7 Å². The maximum absolute atomic E-state index is 13.2. The van der Waals surface area contributed by atoms with Gasteiger partial charge < -0.3 is 11.1 Å². The number of nitrogens with zero attached hydrogens (tertiary/aromatic N) is 4. The van der Waals surface area contributed by atoms with Crippen LogP contribution in [-0.4, -0.2) is 25.5 Å². The summed E-state index contributed by atoms with van der Waals surface area (Å²) in [6, 6.07) is 14.1. The molecule has 4 aromatic rings. The Labute approximate surface area is 181 Å². The number of nitrogens with two attached hydrogens (primary N) is 1. The van der Waals surface area contributed by atoms with E-state index in [4.69, 9.17) is 5.73 Å². The first-order chi connectivity index (χ1) is 15.3. The highest BCUT2D eigenvalue weighted by Gasteiger charge is 2.32. The molecule has 7 nitrogen and oxygen atoms in total. The zero-order chi connectivity index (χ0) is 22.7. The Bertz CT molecular complexity index is 1220. The minimum Gasteiger partial charge on any atom is -0.384 e. The van der Waals surface area contributed by atoms with Gasteiger partial charge in [0.15, 0.2) is 11.5 Å². The summed E-state index contributed by atoms with van der Waals surface area (Å²) >= 11 is 0. The van der Waals surface area contributed by atoms with Crippen LogP contribution in [-0.2, 0) is 12.6 Å². The molecule has 3 heterocycles. The topological polar surface area (TPSA) is 98.2 Å². The molecule has 32 heavy (non-hydrogen) atoms. The number of anilines is 1. The van der Waals surface area contributed by atoms with Gasteiger partial charge in [0.1, 0.15) is 5.82 Å². The number of alkyl halides is 3. The van der Waals surface area contributed by atoms with Gasteiger partial charge in [-0.25, -0.2) is 4.98 Å². The molecule has 0 saturated heterocycles. The number of nitrogen functional groups attached to an aromatic ring is 1. The molecule has 0 aliphatic heterocycles. The van der Waals surface area contributed by atoms with E-state index in [2.05, 4.69) is 20.5 Å². The zero-order valence-corrected chi connectivity index (χ0v) is 16.8. The van der Waals surface area contributed by atoms with E-state index in [0.29, 0.717) is 12.8 Å². The summed E-state index contributed by atoms with van der Waals surface area (Å²) < 4.78 is 41.0. The Balaban J connectivity index is 1.68. The van der Waals surface area contributed by atoms with Crippen LogP contribution in [0.2, 0.25) is 0 Å². The van der Waals surface area contributed by atoms with Gasteiger partial charge in [-0.2, -0.15) is 13.2 Å². The van der Waals surface area contributed by atoms with Crippen molar-refractivity contribution in [1.82, 2.24) is 24.9 Å². The normalized spacial score (nSPS) is 12.6. The van der Waals surface area contributed by atoms with Gasteiger partial charge in [0.2, 0.25) is 0 Å². The van der Waals surface area contributed by atoms with E-state index in [0.717, 1.165) is 17.8 Å². The van der Waals surface area contributed by atoms with E-state index in [-0.39, 0.29) is 22.9 Å². The van der Waals surface area contributed by atoms with Crippen molar-refractivity contribution >= 4 is 17.4 Å². The Morgan fingerprint density at radius 3 is 2.53 bits per heavy atom. The van der Waals surface area contributed by atoms with Crippen molar-refractivity contribution in [3.8, 4) is 0 Å². The third-order valence-electron chi connectivity index (χ3n) is 4.99. The first-order valence-corrected chi connectivity index (χ1v) is 9.79. The fourth-order valence-corrected chi connectivity index (χ4v) is 3.32. The van der Waals surface area contributed by atoms with Gasteiger partial charge in [-0.1, -0.05) is 30.3 Å². The molecule has 0 radical (unpaired) electrons. The molecule has 1 atom stereocenters. The maximum atomic E-state index is 13.2. The average molecular weight is 440 g/mol. The van der Waals surface area contributed by atoms with Crippen LogP contribution in [0.1, 0.15) is 39.8 Å². The number of amides is 1. The number of aromatic nitrogens is 4. The number of halogens is 3. The predicted molar refractivity (Wildman–Crippen MR) is 112 cm³/mol. The molecule has 1 aromatic carbocycles. The Kier molecular flexibility index (Phi) is 5.76. The van der Waals surface area contributed by atoms with Gasteiger partial charge in [-0.15, -0.1) is 10.2 Å². The summed E-state index contributed by atoms with van der Waals surface area (Å²) in [5.41, 5.74) is 6.28. The van der Waals surface area contributed by atoms with Gasteiger partial charge in [-0.3, -0.25) is 9.20 Å². The van der Waals surface area contributed by atoms with Crippen LogP contribution in [0.3, 0.4) is 0 Å². The van der Waals surface area contributed by atoms with Gasteiger partial charge in [0.25, 0.3) is 5.91 Å². The first kappa shape index (κ1) is 21.3. The van der Waals surface area contributed by atoms with Crippen molar-refractivity contribution in [1.29, 1.82) is 0 Å². The average Bonchev–Trinajstić information content (AvgIpc) is 3.20. The first-order valence-electron chi connectivity index (χ1n) is 9.79. The molecule has 1 amide bonds.